The molecule has 0 bridgehead atoms. The van der Waals surface area contributed by atoms with Gasteiger partial charge in [-0.2, -0.15) is 0 Å². The van der Waals surface area contributed by atoms with Crippen LogP contribution in [0.4, 0.5) is 0 Å². The third-order valence-corrected chi connectivity index (χ3v) is 8.40. The summed E-state index contributed by atoms with van der Waals surface area (Å²) in [7, 11) is 0. The molecule has 0 saturated heterocycles. The molecule has 0 aromatic heterocycles. The van der Waals surface area contributed by atoms with Gasteiger partial charge in [0.15, 0.2) is 0 Å². The third-order valence-electron chi connectivity index (χ3n) is 8.40. The SMILES string of the molecule is C=CCC1CCC(C(C)N(CCCc2ccccc2)CC(O)COc2ccccc2C(=O)NCc2ccccc2)C1. The van der Waals surface area contributed by atoms with Gasteiger partial charge in [0.25, 0.3) is 5.91 Å². The summed E-state index contributed by atoms with van der Waals surface area (Å²) >= 11 is 0. The molecule has 3 aromatic rings. The Hall–Kier alpha value is -3.41. The van der Waals surface area contributed by atoms with E-state index in [1.165, 1.54) is 24.8 Å². The quantitative estimate of drug-likeness (QED) is 0.194. The molecule has 0 spiro atoms. The summed E-state index contributed by atoms with van der Waals surface area (Å²) in [5.74, 6) is 1.65. The number of aliphatic hydroxyl groups is 1. The van der Waals surface area contributed by atoms with Crippen LogP contribution < -0.4 is 10.1 Å². The fourth-order valence-electron chi connectivity index (χ4n) is 6.05. The van der Waals surface area contributed by atoms with Gasteiger partial charge in [-0.05, 0) is 87.1 Å². The average Bonchev–Trinajstić information content (AvgIpc) is 3.48. The molecular weight excluding hydrogens is 508 g/mol. The lowest BCUT2D eigenvalue weighted by Gasteiger charge is -2.35. The lowest BCUT2D eigenvalue weighted by molar-refractivity contribution is 0.0419. The maximum absolute atomic E-state index is 12.9. The normalized spacial score (nSPS) is 18.1. The Morgan fingerprint density at radius 2 is 1.71 bits per heavy atom. The monoisotopic (exact) mass is 554 g/mol. The van der Waals surface area contributed by atoms with Crippen molar-refractivity contribution in [3.05, 3.63) is 114 Å². The molecular formula is C36H46N2O3. The number of para-hydroxylation sites is 1. The van der Waals surface area contributed by atoms with Crippen LogP contribution >= 0.6 is 0 Å². The predicted octanol–water partition coefficient (Wildman–Crippen LogP) is 6.67. The highest BCUT2D eigenvalue weighted by Crippen LogP contribution is 2.37. The van der Waals surface area contributed by atoms with Gasteiger partial charge in [-0.15, -0.1) is 6.58 Å². The Kier molecular flexibility index (Phi) is 12.0. The second-order valence-electron chi connectivity index (χ2n) is 11.4. The van der Waals surface area contributed by atoms with Gasteiger partial charge in [-0.1, -0.05) is 78.9 Å². The summed E-state index contributed by atoms with van der Waals surface area (Å²) in [6.07, 6.45) is 8.24. The van der Waals surface area contributed by atoms with Gasteiger partial charge < -0.3 is 15.2 Å². The van der Waals surface area contributed by atoms with Crippen LogP contribution in [0, 0.1) is 11.8 Å². The minimum Gasteiger partial charge on any atom is -0.490 e. The van der Waals surface area contributed by atoms with Crippen LogP contribution in [-0.2, 0) is 13.0 Å². The largest absolute Gasteiger partial charge is 0.490 e. The number of nitrogens with one attached hydrogen (secondary N) is 1. The zero-order valence-corrected chi connectivity index (χ0v) is 24.5. The highest BCUT2D eigenvalue weighted by Gasteiger charge is 2.31. The van der Waals surface area contributed by atoms with Crippen molar-refractivity contribution < 1.29 is 14.6 Å². The standard InChI is InChI=1S/C36H46N2O3/c1-3-13-30-21-22-32(24-30)28(2)38(23-12-18-29-14-6-4-7-15-29)26-33(39)27-41-35-20-11-10-19-34(35)36(40)37-25-31-16-8-5-9-17-31/h3-11,14-17,19-20,28,30,32-33,39H,1,12-13,18,21-27H2,2H3,(H,37,40). The number of ether oxygens (including phenoxy) is 1. The first-order valence-corrected chi connectivity index (χ1v) is 15.1. The second-order valence-corrected chi connectivity index (χ2v) is 11.4. The Bertz CT molecular complexity index is 1200. The number of amides is 1. The molecule has 0 radical (unpaired) electrons. The van der Waals surface area contributed by atoms with Crippen molar-refractivity contribution in [2.45, 2.75) is 64.1 Å². The Balaban J connectivity index is 1.34. The predicted molar refractivity (Wildman–Crippen MR) is 167 cm³/mol. The molecule has 0 heterocycles. The van der Waals surface area contributed by atoms with Gasteiger partial charge in [0, 0.05) is 19.1 Å². The smallest absolute Gasteiger partial charge is 0.255 e. The highest BCUT2D eigenvalue weighted by atomic mass is 16.5. The van der Waals surface area contributed by atoms with Gasteiger partial charge in [-0.25, -0.2) is 0 Å². The van der Waals surface area contributed by atoms with Gasteiger partial charge in [0.2, 0.25) is 0 Å². The van der Waals surface area contributed by atoms with Gasteiger partial charge in [0.05, 0.1) is 5.56 Å². The van der Waals surface area contributed by atoms with Crippen molar-refractivity contribution in [3.63, 3.8) is 0 Å². The van der Waals surface area contributed by atoms with Crippen LogP contribution in [0.1, 0.15) is 60.5 Å². The van der Waals surface area contributed by atoms with Crippen molar-refractivity contribution in [2.24, 2.45) is 11.8 Å². The molecule has 4 rings (SSSR count). The highest BCUT2D eigenvalue weighted by molar-refractivity contribution is 5.96. The van der Waals surface area contributed by atoms with E-state index >= 15 is 0 Å². The van der Waals surface area contributed by atoms with Crippen molar-refractivity contribution in [3.8, 4) is 5.75 Å². The van der Waals surface area contributed by atoms with E-state index in [1.807, 2.05) is 42.5 Å². The summed E-state index contributed by atoms with van der Waals surface area (Å²) in [4.78, 5) is 15.4. The van der Waals surface area contributed by atoms with Gasteiger partial charge in [0.1, 0.15) is 18.5 Å². The van der Waals surface area contributed by atoms with Crippen LogP contribution in [0.5, 0.6) is 5.75 Å². The van der Waals surface area contributed by atoms with E-state index in [-0.39, 0.29) is 12.5 Å². The fourth-order valence-corrected chi connectivity index (χ4v) is 6.05. The number of carbonyl (C=O) groups is 1. The molecule has 4 unspecified atom stereocenters. The Labute approximate surface area is 246 Å². The number of rotatable bonds is 16. The van der Waals surface area contributed by atoms with Crippen molar-refractivity contribution >= 4 is 5.91 Å². The molecule has 1 amide bonds. The average molecular weight is 555 g/mol. The minimum atomic E-state index is -0.667. The minimum absolute atomic E-state index is 0.134. The van der Waals surface area contributed by atoms with Gasteiger partial charge >= 0.3 is 0 Å². The van der Waals surface area contributed by atoms with Gasteiger partial charge in [-0.3, -0.25) is 9.69 Å². The van der Waals surface area contributed by atoms with Crippen molar-refractivity contribution in [2.75, 3.05) is 19.7 Å². The number of aliphatic hydroxyl groups excluding tert-OH is 1. The number of hydrogen-bond donors (Lipinski definition) is 2. The number of aryl methyl sites for hydroxylation is 1. The molecule has 0 aliphatic heterocycles. The second kappa shape index (κ2) is 16.1. The number of nitrogens with zero attached hydrogens (tertiary/aromatic N) is 1. The molecule has 3 aromatic carbocycles. The number of allylic oxidation sites excluding steroid dienone is 1. The van der Waals surface area contributed by atoms with E-state index in [1.54, 1.807) is 12.1 Å². The zero-order valence-electron chi connectivity index (χ0n) is 24.5. The van der Waals surface area contributed by atoms with E-state index in [0.717, 1.165) is 37.3 Å². The summed E-state index contributed by atoms with van der Waals surface area (Å²) in [6.45, 7) is 8.31. The van der Waals surface area contributed by atoms with E-state index in [4.69, 9.17) is 4.74 Å². The topological polar surface area (TPSA) is 61.8 Å². The summed E-state index contributed by atoms with van der Waals surface area (Å²) < 4.78 is 6.05. The number of hydrogen-bond acceptors (Lipinski definition) is 4. The van der Waals surface area contributed by atoms with E-state index < -0.39 is 6.10 Å². The van der Waals surface area contributed by atoms with Crippen molar-refractivity contribution in [1.82, 2.24) is 10.2 Å². The molecule has 5 nitrogen and oxygen atoms in total. The van der Waals surface area contributed by atoms with Crippen LogP contribution in [0.25, 0.3) is 0 Å². The number of carbonyl (C=O) groups excluding carboxylic acids is 1. The molecule has 4 atom stereocenters. The maximum Gasteiger partial charge on any atom is 0.255 e. The molecule has 2 N–H and O–H groups in total. The summed E-state index contributed by atoms with van der Waals surface area (Å²) in [6, 6.07) is 28.1. The molecule has 1 aliphatic carbocycles. The van der Waals surface area contributed by atoms with E-state index in [2.05, 4.69) is 60.1 Å². The molecule has 41 heavy (non-hydrogen) atoms. The first kappa shape index (κ1) is 30.5. The van der Waals surface area contributed by atoms with E-state index in [0.29, 0.717) is 36.4 Å². The Morgan fingerprint density at radius 1 is 1.02 bits per heavy atom. The maximum atomic E-state index is 12.9. The summed E-state index contributed by atoms with van der Waals surface area (Å²) in [5.41, 5.74) is 2.86. The molecule has 5 heteroatoms. The molecule has 1 aliphatic rings. The van der Waals surface area contributed by atoms with E-state index in [9.17, 15) is 9.90 Å². The fraction of sp³-hybridized carbons (Fsp3) is 0.417. The third kappa shape index (κ3) is 9.58. The van der Waals surface area contributed by atoms with Crippen LogP contribution in [0.2, 0.25) is 0 Å². The molecule has 1 fully saturated rings. The van der Waals surface area contributed by atoms with Crippen LogP contribution in [-0.4, -0.2) is 47.8 Å². The van der Waals surface area contributed by atoms with Crippen molar-refractivity contribution in [1.29, 1.82) is 0 Å². The summed E-state index contributed by atoms with van der Waals surface area (Å²) in [5, 5.41) is 14.1. The Morgan fingerprint density at radius 3 is 2.44 bits per heavy atom. The zero-order chi connectivity index (χ0) is 28.9. The lowest BCUT2D eigenvalue weighted by atomic mass is 9.95. The lowest BCUT2D eigenvalue weighted by Crippen LogP contribution is -2.44. The first-order valence-electron chi connectivity index (χ1n) is 15.1. The first-order chi connectivity index (χ1) is 20.0. The van der Waals surface area contributed by atoms with Crippen LogP contribution in [0.15, 0.2) is 97.6 Å². The molecule has 218 valence electrons. The number of benzene rings is 3. The van der Waals surface area contributed by atoms with Crippen LogP contribution in [0.3, 0.4) is 0 Å². The molecule has 1 saturated carbocycles.